The first kappa shape index (κ1) is 15.0. The summed E-state index contributed by atoms with van der Waals surface area (Å²) >= 11 is 3.37. The minimum absolute atomic E-state index is 0.0206. The van der Waals surface area contributed by atoms with Crippen molar-refractivity contribution in [1.82, 2.24) is 10.2 Å². The Labute approximate surface area is 117 Å². The van der Waals surface area contributed by atoms with Gasteiger partial charge in [-0.15, -0.1) is 0 Å². The van der Waals surface area contributed by atoms with Crippen LogP contribution < -0.4 is 11.1 Å². The van der Waals surface area contributed by atoms with Crippen LogP contribution in [0.5, 0.6) is 0 Å². The highest BCUT2D eigenvalue weighted by Crippen LogP contribution is 2.20. The summed E-state index contributed by atoms with van der Waals surface area (Å²) in [6.45, 7) is 3.42. The van der Waals surface area contributed by atoms with Gasteiger partial charge in [0.1, 0.15) is 0 Å². The third kappa shape index (κ3) is 4.31. The van der Waals surface area contributed by atoms with Gasteiger partial charge in [0.25, 0.3) is 0 Å². The van der Waals surface area contributed by atoms with Crippen molar-refractivity contribution >= 4 is 27.5 Å². The lowest BCUT2D eigenvalue weighted by Gasteiger charge is -2.20. The number of rotatable bonds is 5. The Balaban J connectivity index is 2.56. The highest BCUT2D eigenvalue weighted by Gasteiger charge is 2.13. The van der Waals surface area contributed by atoms with Gasteiger partial charge in [-0.05, 0) is 40.7 Å². The van der Waals surface area contributed by atoms with Gasteiger partial charge < -0.3 is 16.0 Å². The molecule has 1 atom stereocenters. The van der Waals surface area contributed by atoms with Crippen LogP contribution in [0.2, 0.25) is 0 Å². The smallest absolute Gasteiger partial charge is 0.223 e. The van der Waals surface area contributed by atoms with E-state index in [-0.39, 0.29) is 11.8 Å². The maximum absolute atomic E-state index is 11.4. The Kier molecular flexibility index (Phi) is 5.62. The summed E-state index contributed by atoms with van der Waals surface area (Å²) in [6, 6.07) is 5.92. The number of halogens is 1. The molecule has 0 bridgehead atoms. The monoisotopic (exact) mass is 313 g/mol. The molecule has 18 heavy (non-hydrogen) atoms. The summed E-state index contributed by atoms with van der Waals surface area (Å²) in [4.78, 5) is 13.5. The van der Waals surface area contributed by atoms with Crippen molar-refractivity contribution in [2.24, 2.45) is 5.92 Å². The van der Waals surface area contributed by atoms with E-state index in [0.717, 1.165) is 28.8 Å². The lowest BCUT2D eigenvalue weighted by molar-refractivity contribution is -0.124. The zero-order valence-electron chi connectivity index (χ0n) is 11.0. The zero-order chi connectivity index (χ0) is 13.7. The molecular weight excluding hydrogens is 294 g/mol. The van der Waals surface area contributed by atoms with E-state index in [1.165, 1.54) is 0 Å². The first-order chi connectivity index (χ1) is 8.43. The van der Waals surface area contributed by atoms with Gasteiger partial charge in [-0.25, -0.2) is 0 Å². The summed E-state index contributed by atoms with van der Waals surface area (Å²) in [5.41, 5.74) is 7.72. The highest BCUT2D eigenvalue weighted by molar-refractivity contribution is 9.10. The predicted octanol–water partition coefficient (Wildman–Crippen LogP) is 1.85. The van der Waals surface area contributed by atoms with Gasteiger partial charge in [0, 0.05) is 36.2 Å². The van der Waals surface area contributed by atoms with Crippen LogP contribution in [-0.2, 0) is 11.3 Å². The number of hydrogen-bond donors (Lipinski definition) is 2. The lowest BCUT2D eigenvalue weighted by Crippen LogP contribution is -2.34. The first-order valence-corrected chi connectivity index (χ1v) is 6.67. The van der Waals surface area contributed by atoms with Crippen LogP contribution in [0.3, 0.4) is 0 Å². The second-order valence-corrected chi connectivity index (χ2v) is 5.42. The Bertz CT molecular complexity index is 423. The van der Waals surface area contributed by atoms with E-state index >= 15 is 0 Å². The molecular formula is C13H20BrN3O. The molecule has 0 radical (unpaired) electrons. The van der Waals surface area contributed by atoms with Crippen molar-refractivity contribution in [3.8, 4) is 0 Å². The second-order valence-electron chi connectivity index (χ2n) is 4.57. The largest absolute Gasteiger partial charge is 0.398 e. The standard InChI is InChI=1S/C13H20BrN3O/c1-9(13(18)16-2)7-17(3)8-10-4-5-11(14)12(15)6-10/h4-6,9H,7-8,15H2,1-3H3,(H,16,18). The van der Waals surface area contributed by atoms with E-state index in [0.29, 0.717) is 0 Å². The van der Waals surface area contributed by atoms with Crippen LogP contribution in [0.4, 0.5) is 5.69 Å². The summed E-state index contributed by atoms with van der Waals surface area (Å²) in [5, 5.41) is 2.66. The Morgan fingerprint density at radius 2 is 2.22 bits per heavy atom. The summed E-state index contributed by atoms with van der Waals surface area (Å²) in [5.74, 6) is 0.0463. The summed E-state index contributed by atoms with van der Waals surface area (Å²) in [7, 11) is 3.66. The average Bonchev–Trinajstić information content (AvgIpc) is 2.32. The Morgan fingerprint density at radius 1 is 1.56 bits per heavy atom. The number of anilines is 1. The fraction of sp³-hybridized carbons (Fsp3) is 0.462. The van der Waals surface area contributed by atoms with Crippen LogP contribution in [0, 0.1) is 5.92 Å². The van der Waals surface area contributed by atoms with E-state index < -0.39 is 0 Å². The van der Waals surface area contributed by atoms with Gasteiger partial charge in [-0.3, -0.25) is 4.79 Å². The van der Waals surface area contributed by atoms with E-state index in [4.69, 9.17) is 5.73 Å². The first-order valence-electron chi connectivity index (χ1n) is 5.88. The molecule has 0 aliphatic rings. The fourth-order valence-corrected chi connectivity index (χ4v) is 2.11. The number of benzene rings is 1. The van der Waals surface area contributed by atoms with Crippen molar-refractivity contribution in [1.29, 1.82) is 0 Å². The van der Waals surface area contributed by atoms with Gasteiger partial charge in [0.05, 0.1) is 0 Å². The van der Waals surface area contributed by atoms with Gasteiger partial charge >= 0.3 is 0 Å². The van der Waals surface area contributed by atoms with Crippen molar-refractivity contribution in [2.45, 2.75) is 13.5 Å². The normalized spacial score (nSPS) is 12.5. The molecule has 3 N–H and O–H groups in total. The second kappa shape index (κ2) is 6.75. The zero-order valence-corrected chi connectivity index (χ0v) is 12.6. The number of nitrogens with one attached hydrogen (secondary N) is 1. The molecule has 0 saturated heterocycles. The van der Waals surface area contributed by atoms with Crippen molar-refractivity contribution < 1.29 is 4.79 Å². The molecule has 100 valence electrons. The molecule has 1 aromatic rings. The maximum atomic E-state index is 11.4. The molecule has 0 spiro atoms. The number of carbonyl (C=O) groups is 1. The number of carbonyl (C=O) groups excluding carboxylic acids is 1. The third-order valence-electron chi connectivity index (χ3n) is 2.79. The molecule has 0 aliphatic heterocycles. The van der Waals surface area contributed by atoms with Gasteiger partial charge in [-0.2, -0.15) is 0 Å². The summed E-state index contributed by atoms with van der Waals surface area (Å²) in [6.07, 6.45) is 0. The molecule has 0 saturated carbocycles. The molecule has 1 unspecified atom stereocenters. The maximum Gasteiger partial charge on any atom is 0.223 e. The predicted molar refractivity (Wildman–Crippen MR) is 78.1 cm³/mol. The molecule has 0 aromatic heterocycles. The lowest BCUT2D eigenvalue weighted by atomic mass is 10.1. The van der Waals surface area contributed by atoms with Crippen LogP contribution in [0.25, 0.3) is 0 Å². The molecule has 1 amide bonds. The van der Waals surface area contributed by atoms with Crippen LogP contribution in [0.15, 0.2) is 22.7 Å². The number of nitrogen functional groups attached to an aromatic ring is 1. The fourth-order valence-electron chi connectivity index (χ4n) is 1.86. The quantitative estimate of drug-likeness (QED) is 0.816. The topological polar surface area (TPSA) is 58.4 Å². The van der Waals surface area contributed by atoms with E-state index in [1.807, 2.05) is 32.2 Å². The summed E-state index contributed by atoms with van der Waals surface area (Å²) < 4.78 is 0.910. The molecule has 0 fully saturated rings. The van der Waals surface area contributed by atoms with E-state index in [2.05, 4.69) is 26.1 Å². The van der Waals surface area contributed by atoms with E-state index in [9.17, 15) is 4.79 Å². The molecule has 1 rings (SSSR count). The average molecular weight is 314 g/mol. The number of nitrogens with zero attached hydrogens (tertiary/aromatic N) is 1. The van der Waals surface area contributed by atoms with Gasteiger partial charge in [0.15, 0.2) is 0 Å². The molecule has 0 heterocycles. The Hall–Kier alpha value is -1.07. The SMILES string of the molecule is CNC(=O)C(C)CN(C)Cc1ccc(Br)c(N)c1. The highest BCUT2D eigenvalue weighted by atomic mass is 79.9. The van der Waals surface area contributed by atoms with Crippen LogP contribution >= 0.6 is 15.9 Å². The Morgan fingerprint density at radius 3 is 2.78 bits per heavy atom. The van der Waals surface area contributed by atoms with E-state index in [1.54, 1.807) is 7.05 Å². The van der Waals surface area contributed by atoms with Crippen molar-refractivity contribution in [3.05, 3.63) is 28.2 Å². The number of amides is 1. The number of nitrogens with two attached hydrogens (primary N) is 1. The van der Waals surface area contributed by atoms with Gasteiger partial charge in [-0.1, -0.05) is 13.0 Å². The molecule has 0 aliphatic carbocycles. The molecule has 1 aromatic carbocycles. The minimum Gasteiger partial charge on any atom is -0.398 e. The molecule has 4 nitrogen and oxygen atoms in total. The van der Waals surface area contributed by atoms with Gasteiger partial charge in [0.2, 0.25) is 5.91 Å². The molecule has 5 heteroatoms. The van der Waals surface area contributed by atoms with Crippen LogP contribution in [-0.4, -0.2) is 31.4 Å². The minimum atomic E-state index is -0.0206. The number of hydrogen-bond acceptors (Lipinski definition) is 3. The third-order valence-corrected chi connectivity index (χ3v) is 3.51. The van der Waals surface area contributed by atoms with Crippen molar-refractivity contribution in [2.75, 3.05) is 26.4 Å². The van der Waals surface area contributed by atoms with Crippen LogP contribution in [0.1, 0.15) is 12.5 Å². The van der Waals surface area contributed by atoms with Crippen molar-refractivity contribution in [3.63, 3.8) is 0 Å².